The molecule has 4 N–H and O–H groups in total. The van der Waals surface area contributed by atoms with Crippen LogP contribution in [0, 0.1) is 17.5 Å². The van der Waals surface area contributed by atoms with E-state index in [0.717, 1.165) is 25.0 Å². The molecule has 0 aliphatic heterocycles. The van der Waals surface area contributed by atoms with Crippen LogP contribution in [0.5, 0.6) is 5.75 Å². The third-order valence-electron chi connectivity index (χ3n) is 4.31. The van der Waals surface area contributed by atoms with Crippen molar-refractivity contribution in [3.8, 4) is 5.75 Å². The summed E-state index contributed by atoms with van der Waals surface area (Å²) in [6.45, 7) is -0.655. The van der Waals surface area contributed by atoms with Crippen LogP contribution in [-0.2, 0) is 17.7 Å². The molecule has 0 aliphatic rings. The van der Waals surface area contributed by atoms with Gasteiger partial charge in [-0.25, -0.2) is 18.0 Å². The summed E-state index contributed by atoms with van der Waals surface area (Å²) in [5.41, 5.74) is 2.86. The zero-order valence-electron chi connectivity index (χ0n) is 16.4. The van der Waals surface area contributed by atoms with E-state index in [9.17, 15) is 37.8 Å². The fourth-order valence-electron chi connectivity index (χ4n) is 2.91. The number of hydrogen-bond acceptors (Lipinski definition) is 8. The van der Waals surface area contributed by atoms with Crippen molar-refractivity contribution < 1.29 is 42.4 Å². The van der Waals surface area contributed by atoms with E-state index in [-0.39, 0.29) is 0 Å². The molecule has 0 unspecified atom stereocenters. The van der Waals surface area contributed by atoms with Gasteiger partial charge in [-0.15, -0.1) is 0 Å². The number of benzene rings is 1. The molecule has 0 spiro atoms. The highest BCUT2D eigenvalue weighted by molar-refractivity contribution is 6.01. The van der Waals surface area contributed by atoms with E-state index in [1.54, 1.807) is 0 Å². The Kier molecular flexibility index (Phi) is 7.55. The molecule has 0 radical (unpaired) electrons. The fraction of sp³-hybridized carbons (Fsp3) is 0.316. The zero-order chi connectivity index (χ0) is 23.5. The number of ether oxygens (including phenoxy) is 2. The maximum Gasteiger partial charge on any atom is 0.358 e. The average molecular weight is 444 g/mol. The number of rotatable bonds is 8. The molecule has 1 aromatic heterocycles. The van der Waals surface area contributed by atoms with E-state index in [0.29, 0.717) is 12.1 Å². The fourth-order valence-corrected chi connectivity index (χ4v) is 2.91. The average Bonchev–Trinajstić information content (AvgIpc) is 2.69. The van der Waals surface area contributed by atoms with Crippen molar-refractivity contribution >= 4 is 11.8 Å². The quantitative estimate of drug-likeness (QED) is 0.296. The van der Waals surface area contributed by atoms with E-state index in [4.69, 9.17) is 10.5 Å². The number of methoxy groups -OCH3 is 2. The van der Waals surface area contributed by atoms with Crippen molar-refractivity contribution in [2.24, 2.45) is 5.73 Å². The second-order valence-corrected chi connectivity index (χ2v) is 6.40. The Labute approximate surface area is 173 Å². The summed E-state index contributed by atoms with van der Waals surface area (Å²) in [6, 6.07) is -0.804. The Balaban J connectivity index is 2.55. The number of carbonyl (C=O) groups excluding carboxylic acids is 2. The molecule has 168 valence electrons. The van der Waals surface area contributed by atoms with E-state index in [2.05, 4.69) is 4.74 Å². The van der Waals surface area contributed by atoms with Gasteiger partial charge in [0.05, 0.1) is 32.4 Å². The van der Waals surface area contributed by atoms with Crippen LogP contribution < -0.4 is 15.9 Å². The summed E-state index contributed by atoms with van der Waals surface area (Å²) in [7, 11) is 2.03. The highest BCUT2D eigenvalue weighted by Gasteiger charge is 2.29. The molecule has 9 nitrogen and oxygen atoms in total. The number of pyridine rings is 1. The molecule has 1 aromatic carbocycles. The first-order valence-electron chi connectivity index (χ1n) is 8.70. The number of halogens is 3. The minimum atomic E-state index is -1.99. The third kappa shape index (κ3) is 5.10. The van der Waals surface area contributed by atoms with Gasteiger partial charge in [0.1, 0.15) is 17.5 Å². The predicted molar refractivity (Wildman–Crippen MR) is 99.1 cm³/mol. The lowest BCUT2D eigenvalue weighted by Gasteiger charge is -2.18. The van der Waals surface area contributed by atoms with E-state index in [1.807, 2.05) is 0 Å². The van der Waals surface area contributed by atoms with Gasteiger partial charge in [-0.05, 0) is 0 Å². The number of Topliss-reactive ketones (excluding diaryl/α,β-unsaturated/α-hetero) is 1. The van der Waals surface area contributed by atoms with Gasteiger partial charge in [0.2, 0.25) is 5.43 Å². The molecule has 0 amide bonds. The molecule has 31 heavy (non-hydrogen) atoms. The summed E-state index contributed by atoms with van der Waals surface area (Å²) in [5, 5.41) is 18.5. The first kappa shape index (κ1) is 24.1. The third-order valence-corrected chi connectivity index (χ3v) is 4.31. The Morgan fingerprint density at radius 1 is 1.16 bits per heavy atom. The van der Waals surface area contributed by atoms with Gasteiger partial charge >= 0.3 is 5.97 Å². The summed E-state index contributed by atoms with van der Waals surface area (Å²) >= 11 is 0. The molecule has 2 aromatic rings. The smallest absolute Gasteiger partial charge is 0.358 e. The largest absolute Gasteiger partial charge is 0.491 e. The minimum Gasteiger partial charge on any atom is -0.491 e. The number of aliphatic hydroxyl groups is 2. The second kappa shape index (κ2) is 9.73. The van der Waals surface area contributed by atoms with Gasteiger partial charge in [-0.2, -0.15) is 0 Å². The summed E-state index contributed by atoms with van der Waals surface area (Å²) in [5.74, 6) is -6.46. The normalized spacial score (nSPS) is 12.0. The van der Waals surface area contributed by atoms with Crippen LogP contribution in [0.1, 0.15) is 26.4 Å². The molecule has 0 aliphatic carbocycles. The van der Waals surface area contributed by atoms with Crippen LogP contribution in [0.15, 0.2) is 23.1 Å². The van der Waals surface area contributed by atoms with Crippen molar-refractivity contribution in [1.82, 2.24) is 4.57 Å². The van der Waals surface area contributed by atoms with Gasteiger partial charge in [0.25, 0.3) is 0 Å². The second-order valence-electron chi connectivity index (χ2n) is 6.40. The Hall–Kier alpha value is -3.22. The molecule has 1 atom stereocenters. The number of aliphatic hydroxyl groups excluding tert-OH is 1. The molecular weight excluding hydrogens is 425 g/mol. The number of ketones is 1. The predicted octanol–water partition coefficient (Wildman–Crippen LogP) is 0.124. The van der Waals surface area contributed by atoms with Crippen molar-refractivity contribution in [2.45, 2.75) is 25.3 Å². The first-order chi connectivity index (χ1) is 14.5. The lowest BCUT2D eigenvalue weighted by molar-refractivity contribution is -0.0519. The number of nitrogens with two attached hydrogens (primary N) is 1. The lowest BCUT2D eigenvalue weighted by atomic mass is 9.97. The van der Waals surface area contributed by atoms with Gasteiger partial charge in [-0.3, -0.25) is 9.59 Å². The van der Waals surface area contributed by atoms with E-state index >= 15 is 0 Å². The molecule has 12 heteroatoms. The maximum atomic E-state index is 13.9. The van der Waals surface area contributed by atoms with E-state index < -0.39 is 82.5 Å². The monoisotopic (exact) mass is 444 g/mol. The molecule has 1 heterocycles. The summed E-state index contributed by atoms with van der Waals surface area (Å²) < 4.78 is 51.1. The zero-order valence-corrected chi connectivity index (χ0v) is 16.4. The van der Waals surface area contributed by atoms with Crippen LogP contribution in [0.3, 0.4) is 0 Å². The standard InChI is InChI=1S/C19H19F3N2O7/c1-30-18-15(19(29)31-2)24(7-14(25)26)6-10(17(18)28)16(27)13(23)5-9-11(21)3-8(20)4-12(9)22/h3-4,6,13-14,25-26H,5,7,23H2,1-2H3/t13-/m0/s1. The number of esters is 1. The molecule has 0 saturated carbocycles. The highest BCUT2D eigenvalue weighted by Crippen LogP contribution is 2.20. The van der Waals surface area contributed by atoms with Gasteiger partial charge < -0.3 is 30.0 Å². The number of aromatic nitrogens is 1. The van der Waals surface area contributed by atoms with Crippen LogP contribution in [0.25, 0.3) is 0 Å². The van der Waals surface area contributed by atoms with Gasteiger partial charge in [0.15, 0.2) is 23.5 Å². The minimum absolute atomic E-state index is 0.416. The molecule has 0 fully saturated rings. The van der Waals surface area contributed by atoms with Crippen molar-refractivity contribution in [3.05, 3.63) is 62.8 Å². The Bertz CT molecular complexity index is 1050. The van der Waals surface area contributed by atoms with E-state index in [1.165, 1.54) is 0 Å². The first-order valence-corrected chi connectivity index (χ1v) is 8.70. The van der Waals surface area contributed by atoms with Gasteiger partial charge in [0, 0.05) is 30.3 Å². The topological polar surface area (TPSA) is 141 Å². The number of nitrogens with zero attached hydrogens (tertiary/aromatic N) is 1. The Morgan fingerprint density at radius 3 is 2.23 bits per heavy atom. The van der Waals surface area contributed by atoms with Crippen LogP contribution in [0.4, 0.5) is 13.2 Å². The molecule has 2 rings (SSSR count). The SMILES string of the molecule is COC(=O)c1c(OC)c(=O)c(C(=O)[C@@H](N)Cc2c(F)cc(F)cc2F)cn1CC(O)O. The highest BCUT2D eigenvalue weighted by atomic mass is 19.1. The Morgan fingerprint density at radius 2 is 1.74 bits per heavy atom. The van der Waals surface area contributed by atoms with Crippen molar-refractivity contribution in [2.75, 3.05) is 14.2 Å². The lowest BCUT2D eigenvalue weighted by Crippen LogP contribution is -2.38. The van der Waals surface area contributed by atoms with Crippen LogP contribution >= 0.6 is 0 Å². The number of carbonyl (C=O) groups is 2. The molecule has 0 saturated heterocycles. The number of hydrogen-bond donors (Lipinski definition) is 3. The van der Waals surface area contributed by atoms with Crippen LogP contribution in [-0.4, -0.2) is 53.1 Å². The van der Waals surface area contributed by atoms with Crippen LogP contribution in [0.2, 0.25) is 0 Å². The van der Waals surface area contributed by atoms with Crippen molar-refractivity contribution in [1.29, 1.82) is 0 Å². The molecule has 0 bridgehead atoms. The summed E-state index contributed by atoms with van der Waals surface area (Å²) in [6.07, 6.45) is -1.87. The van der Waals surface area contributed by atoms with Gasteiger partial charge in [-0.1, -0.05) is 0 Å². The molecular formula is C19H19F3N2O7. The maximum absolute atomic E-state index is 13.9. The summed E-state index contributed by atoms with van der Waals surface area (Å²) in [4.78, 5) is 37.5. The van der Waals surface area contributed by atoms with Crippen molar-refractivity contribution in [3.63, 3.8) is 0 Å².